The van der Waals surface area contributed by atoms with Crippen LogP contribution in [-0.2, 0) is 16.1 Å². The number of guanidine groups is 1. The summed E-state index contributed by atoms with van der Waals surface area (Å²) in [6.45, 7) is 6.37. The molecule has 3 rings (SSSR count). The zero-order chi connectivity index (χ0) is 20.1. The van der Waals surface area contributed by atoms with Crippen molar-refractivity contribution < 1.29 is 9.53 Å². The van der Waals surface area contributed by atoms with Gasteiger partial charge in [-0.3, -0.25) is 9.79 Å². The second-order valence-corrected chi connectivity index (χ2v) is 7.08. The van der Waals surface area contributed by atoms with E-state index >= 15 is 0 Å². The highest BCUT2D eigenvalue weighted by Gasteiger charge is 2.27. The Morgan fingerprint density at radius 2 is 1.90 bits per heavy atom. The summed E-state index contributed by atoms with van der Waals surface area (Å²) in [6.07, 6.45) is 1.58. The molecule has 7 nitrogen and oxygen atoms in total. The fraction of sp³-hybridized carbons (Fsp3) is 0.476. The predicted molar refractivity (Wildman–Crippen MR) is 125 cm³/mol. The summed E-state index contributed by atoms with van der Waals surface area (Å²) < 4.78 is 6.85. The first-order valence-electron chi connectivity index (χ1n) is 9.69. The van der Waals surface area contributed by atoms with Crippen LogP contribution in [0.2, 0.25) is 0 Å². The Morgan fingerprint density at radius 1 is 1.24 bits per heavy atom. The number of hydrogen-bond acceptors (Lipinski definition) is 4. The second kappa shape index (κ2) is 10.6. The Hall–Kier alpha value is -2.10. The lowest BCUT2D eigenvalue weighted by Gasteiger charge is -2.33. The number of ether oxygens (including phenoxy) is 1. The van der Waals surface area contributed by atoms with Crippen LogP contribution in [0.3, 0.4) is 0 Å². The number of halogens is 1. The summed E-state index contributed by atoms with van der Waals surface area (Å²) in [4.78, 5) is 18.4. The normalized spacial score (nSPS) is 15.0. The molecule has 1 aromatic heterocycles. The first-order chi connectivity index (χ1) is 13.5. The van der Waals surface area contributed by atoms with Crippen molar-refractivity contribution in [3.05, 3.63) is 47.3 Å². The summed E-state index contributed by atoms with van der Waals surface area (Å²) in [6, 6.07) is 10.2. The number of carbonyl (C=O) groups excluding carboxylic acids is 1. The topological polar surface area (TPSA) is 71.8 Å². The maximum Gasteiger partial charge on any atom is 0.308 e. The van der Waals surface area contributed by atoms with Crippen molar-refractivity contribution >= 4 is 35.9 Å². The van der Waals surface area contributed by atoms with Gasteiger partial charge < -0.3 is 15.0 Å². The van der Waals surface area contributed by atoms with Crippen LogP contribution in [0, 0.1) is 19.8 Å². The molecule has 0 saturated carbocycles. The fourth-order valence-electron chi connectivity index (χ4n) is 3.74. The molecule has 2 aromatic rings. The number of aliphatic imine (C=N–C) groups is 1. The molecule has 1 aliphatic heterocycles. The van der Waals surface area contributed by atoms with Gasteiger partial charge in [-0.25, -0.2) is 4.68 Å². The van der Waals surface area contributed by atoms with Crippen LogP contribution in [0.5, 0.6) is 0 Å². The number of hydrogen-bond donors (Lipinski definition) is 1. The number of esters is 1. The Bertz CT molecular complexity index is 842. The summed E-state index contributed by atoms with van der Waals surface area (Å²) in [7, 11) is 3.25. The molecule has 1 N–H and O–H groups in total. The third-order valence-electron chi connectivity index (χ3n) is 5.41. The zero-order valence-electron chi connectivity index (χ0n) is 17.5. The number of carbonyl (C=O) groups is 1. The highest BCUT2D eigenvalue weighted by atomic mass is 127. The van der Waals surface area contributed by atoms with Crippen molar-refractivity contribution in [2.24, 2.45) is 10.9 Å². The Balaban J connectivity index is 0.00000300. The predicted octanol–water partition coefficient (Wildman–Crippen LogP) is 3.07. The molecule has 0 atom stereocenters. The van der Waals surface area contributed by atoms with E-state index in [1.54, 1.807) is 7.05 Å². The molecular formula is C21H30IN5O2. The van der Waals surface area contributed by atoms with Gasteiger partial charge in [-0.2, -0.15) is 5.10 Å². The highest BCUT2D eigenvalue weighted by Crippen LogP contribution is 2.20. The number of nitrogens with one attached hydrogen (secondary N) is 1. The minimum atomic E-state index is -0.109. The lowest BCUT2D eigenvalue weighted by molar-refractivity contribution is -0.146. The van der Waals surface area contributed by atoms with Gasteiger partial charge in [0.1, 0.15) is 0 Å². The van der Waals surface area contributed by atoms with Crippen molar-refractivity contribution in [1.29, 1.82) is 0 Å². The fourth-order valence-corrected chi connectivity index (χ4v) is 3.74. The number of aromatic nitrogens is 2. The largest absolute Gasteiger partial charge is 0.469 e. The van der Waals surface area contributed by atoms with Crippen LogP contribution < -0.4 is 5.32 Å². The van der Waals surface area contributed by atoms with Crippen molar-refractivity contribution in [3.8, 4) is 5.69 Å². The molecule has 2 heterocycles. The molecule has 0 radical (unpaired) electrons. The van der Waals surface area contributed by atoms with Gasteiger partial charge in [0.05, 0.1) is 24.4 Å². The average molecular weight is 511 g/mol. The lowest BCUT2D eigenvalue weighted by atomic mass is 9.97. The Labute approximate surface area is 189 Å². The monoisotopic (exact) mass is 511 g/mol. The van der Waals surface area contributed by atoms with Crippen LogP contribution in [0.15, 0.2) is 35.3 Å². The number of piperidine rings is 1. The third-order valence-corrected chi connectivity index (χ3v) is 5.41. The number of likely N-dealkylation sites (tertiary alicyclic amines) is 1. The standard InChI is InChI=1S/C21H29N5O2.HI/c1-15-19(16(2)26(24-15)18-8-6-5-7-9-18)14-23-21(22-3)25-12-10-17(11-13-25)20(27)28-4;/h5-9,17H,10-14H2,1-4H3,(H,22,23);1H. The van der Waals surface area contributed by atoms with Crippen LogP contribution in [0.1, 0.15) is 29.8 Å². The highest BCUT2D eigenvalue weighted by molar-refractivity contribution is 14.0. The molecule has 0 bridgehead atoms. The molecule has 29 heavy (non-hydrogen) atoms. The van der Waals surface area contributed by atoms with Crippen LogP contribution in [0.25, 0.3) is 5.69 Å². The van der Waals surface area contributed by atoms with Crippen molar-refractivity contribution in [3.63, 3.8) is 0 Å². The number of rotatable bonds is 4. The van der Waals surface area contributed by atoms with E-state index in [1.165, 1.54) is 12.7 Å². The minimum Gasteiger partial charge on any atom is -0.469 e. The maximum absolute atomic E-state index is 11.7. The summed E-state index contributed by atoms with van der Waals surface area (Å²) in [5, 5.41) is 8.17. The molecule has 0 unspecified atom stereocenters. The number of nitrogens with zero attached hydrogens (tertiary/aromatic N) is 4. The molecule has 1 aromatic carbocycles. The van der Waals surface area contributed by atoms with Crippen molar-refractivity contribution in [2.45, 2.75) is 33.2 Å². The van der Waals surface area contributed by atoms with Gasteiger partial charge in [-0.15, -0.1) is 24.0 Å². The molecular weight excluding hydrogens is 481 g/mol. The van der Waals surface area contributed by atoms with Crippen LogP contribution in [-0.4, -0.2) is 53.9 Å². The van der Waals surface area contributed by atoms with Crippen LogP contribution in [0.4, 0.5) is 0 Å². The number of para-hydroxylation sites is 1. The Kier molecular flexibility index (Phi) is 8.48. The van der Waals surface area contributed by atoms with Gasteiger partial charge in [0.2, 0.25) is 0 Å². The van der Waals surface area contributed by atoms with E-state index in [4.69, 9.17) is 9.84 Å². The van der Waals surface area contributed by atoms with E-state index in [0.29, 0.717) is 6.54 Å². The van der Waals surface area contributed by atoms with Gasteiger partial charge in [0, 0.05) is 37.9 Å². The number of aryl methyl sites for hydroxylation is 1. The molecule has 8 heteroatoms. The summed E-state index contributed by atoms with van der Waals surface area (Å²) in [5.74, 6) is 0.740. The SMILES string of the molecule is CN=C(NCc1c(C)nn(-c2ccccc2)c1C)N1CCC(C(=O)OC)CC1.I. The van der Waals surface area contributed by atoms with E-state index in [-0.39, 0.29) is 35.9 Å². The van der Waals surface area contributed by atoms with E-state index in [9.17, 15) is 4.79 Å². The van der Waals surface area contributed by atoms with Crippen LogP contribution >= 0.6 is 24.0 Å². The molecule has 0 amide bonds. The minimum absolute atomic E-state index is 0. The maximum atomic E-state index is 11.7. The third kappa shape index (κ3) is 5.29. The quantitative estimate of drug-likeness (QED) is 0.296. The van der Waals surface area contributed by atoms with Crippen molar-refractivity contribution in [2.75, 3.05) is 27.2 Å². The average Bonchev–Trinajstić information content (AvgIpc) is 3.03. The first-order valence-corrected chi connectivity index (χ1v) is 9.69. The molecule has 0 aliphatic carbocycles. The van der Waals surface area contributed by atoms with Crippen molar-refractivity contribution in [1.82, 2.24) is 20.0 Å². The van der Waals surface area contributed by atoms with E-state index in [1.807, 2.05) is 29.8 Å². The molecule has 1 aliphatic rings. The van der Waals surface area contributed by atoms with Gasteiger partial charge in [-0.1, -0.05) is 18.2 Å². The molecule has 1 fully saturated rings. The van der Waals surface area contributed by atoms with Gasteiger partial charge in [0.15, 0.2) is 5.96 Å². The molecule has 1 saturated heterocycles. The number of methoxy groups -OCH3 is 1. The van der Waals surface area contributed by atoms with Gasteiger partial charge >= 0.3 is 5.97 Å². The molecule has 158 valence electrons. The first kappa shape index (κ1) is 23.2. The number of benzene rings is 1. The Morgan fingerprint density at radius 3 is 2.48 bits per heavy atom. The smallest absolute Gasteiger partial charge is 0.308 e. The van der Waals surface area contributed by atoms with E-state index < -0.39 is 0 Å². The lowest BCUT2D eigenvalue weighted by Crippen LogP contribution is -2.46. The van der Waals surface area contributed by atoms with Gasteiger partial charge in [-0.05, 0) is 38.8 Å². The molecule has 0 spiro atoms. The zero-order valence-corrected chi connectivity index (χ0v) is 19.8. The van der Waals surface area contributed by atoms with E-state index in [0.717, 1.165) is 49.0 Å². The summed E-state index contributed by atoms with van der Waals surface area (Å²) >= 11 is 0. The summed E-state index contributed by atoms with van der Waals surface area (Å²) in [5.41, 5.74) is 4.36. The van der Waals surface area contributed by atoms with Gasteiger partial charge in [0.25, 0.3) is 0 Å². The van der Waals surface area contributed by atoms with E-state index in [2.05, 4.69) is 34.3 Å². The second-order valence-electron chi connectivity index (χ2n) is 7.08.